The monoisotopic (exact) mass is 203 g/mol. The molecule has 0 spiro atoms. The lowest BCUT2D eigenvalue weighted by Gasteiger charge is -2.28. The molecule has 14 heavy (non-hydrogen) atoms. The maximum atomic E-state index is 5.78. The number of likely N-dealkylation sites (N-methyl/N-ethyl adjacent to an activating group) is 1. The van der Waals surface area contributed by atoms with E-state index in [1.165, 1.54) is 0 Å². The third-order valence-electron chi connectivity index (χ3n) is 2.28. The highest BCUT2D eigenvalue weighted by atomic mass is 16.5. The van der Waals surface area contributed by atoms with E-state index in [-0.39, 0.29) is 11.7 Å². The Labute approximate surface area is 88.2 Å². The summed E-state index contributed by atoms with van der Waals surface area (Å²) in [6, 6.07) is 0. The van der Waals surface area contributed by atoms with Crippen LogP contribution in [0.1, 0.15) is 34.1 Å². The van der Waals surface area contributed by atoms with Crippen LogP contribution < -0.4 is 5.32 Å². The van der Waals surface area contributed by atoms with Crippen molar-refractivity contribution in [1.29, 1.82) is 0 Å². The van der Waals surface area contributed by atoms with E-state index in [4.69, 9.17) is 9.47 Å². The topological polar surface area (TPSA) is 30.5 Å². The second-order valence-electron chi connectivity index (χ2n) is 4.10. The Kier molecular flexibility index (Phi) is 7.15. The largest absolute Gasteiger partial charge is 0.376 e. The molecular formula is C11H25NO2. The summed E-state index contributed by atoms with van der Waals surface area (Å²) < 4.78 is 11.2. The van der Waals surface area contributed by atoms with E-state index in [1.54, 1.807) is 0 Å². The Morgan fingerprint density at radius 1 is 1.29 bits per heavy atom. The van der Waals surface area contributed by atoms with Gasteiger partial charge in [0.25, 0.3) is 0 Å². The molecule has 0 saturated carbocycles. The van der Waals surface area contributed by atoms with Gasteiger partial charge in [0.1, 0.15) is 0 Å². The van der Waals surface area contributed by atoms with Crippen LogP contribution in [-0.2, 0) is 9.47 Å². The van der Waals surface area contributed by atoms with Crippen molar-refractivity contribution >= 4 is 0 Å². The molecule has 0 heterocycles. The molecule has 0 amide bonds. The zero-order chi connectivity index (χ0) is 11.0. The summed E-state index contributed by atoms with van der Waals surface area (Å²) in [5, 5.41) is 3.14. The molecule has 0 aromatic carbocycles. The van der Waals surface area contributed by atoms with Gasteiger partial charge in [-0.1, -0.05) is 6.92 Å². The Balaban J connectivity index is 3.61. The summed E-state index contributed by atoms with van der Waals surface area (Å²) in [6.07, 6.45) is 1.30. The zero-order valence-electron chi connectivity index (χ0n) is 10.2. The lowest BCUT2D eigenvalue weighted by atomic mass is 10.0. The van der Waals surface area contributed by atoms with Crippen LogP contribution in [0.3, 0.4) is 0 Å². The van der Waals surface area contributed by atoms with E-state index in [0.29, 0.717) is 13.2 Å². The van der Waals surface area contributed by atoms with Crippen LogP contribution in [0.25, 0.3) is 0 Å². The first kappa shape index (κ1) is 13.9. The van der Waals surface area contributed by atoms with Crippen LogP contribution in [0.15, 0.2) is 0 Å². The number of ether oxygens (including phenoxy) is 2. The summed E-state index contributed by atoms with van der Waals surface area (Å²) in [7, 11) is 1.95. The van der Waals surface area contributed by atoms with Crippen molar-refractivity contribution < 1.29 is 9.47 Å². The summed E-state index contributed by atoms with van der Waals surface area (Å²) >= 11 is 0. The van der Waals surface area contributed by atoms with Gasteiger partial charge >= 0.3 is 0 Å². The molecule has 0 aliphatic rings. The molecule has 0 fully saturated rings. The average molecular weight is 203 g/mol. The van der Waals surface area contributed by atoms with Gasteiger partial charge in [-0.15, -0.1) is 0 Å². The zero-order valence-corrected chi connectivity index (χ0v) is 10.2. The van der Waals surface area contributed by atoms with Gasteiger partial charge in [-0.25, -0.2) is 0 Å². The van der Waals surface area contributed by atoms with E-state index in [0.717, 1.165) is 13.0 Å². The van der Waals surface area contributed by atoms with Crippen LogP contribution >= 0.6 is 0 Å². The van der Waals surface area contributed by atoms with Crippen molar-refractivity contribution in [1.82, 2.24) is 5.32 Å². The van der Waals surface area contributed by atoms with Gasteiger partial charge in [0.05, 0.1) is 24.9 Å². The smallest absolute Gasteiger partial charge is 0.0776 e. The average Bonchev–Trinajstić information content (AvgIpc) is 2.13. The highest BCUT2D eigenvalue weighted by molar-refractivity contribution is 4.75. The molecule has 0 radical (unpaired) electrons. The first-order valence-electron chi connectivity index (χ1n) is 5.44. The van der Waals surface area contributed by atoms with Gasteiger partial charge in [-0.3, -0.25) is 0 Å². The van der Waals surface area contributed by atoms with Gasteiger partial charge < -0.3 is 14.8 Å². The lowest BCUT2D eigenvalue weighted by molar-refractivity contribution is -0.0647. The summed E-state index contributed by atoms with van der Waals surface area (Å²) in [5.74, 6) is 0. The quantitative estimate of drug-likeness (QED) is 0.610. The molecule has 0 aliphatic heterocycles. The van der Waals surface area contributed by atoms with Gasteiger partial charge in [0, 0.05) is 6.54 Å². The predicted molar refractivity (Wildman–Crippen MR) is 59.7 cm³/mol. The molecule has 1 N–H and O–H groups in total. The standard InChI is InChI=1S/C11H25NO2/c1-6-11(4,9-12-5)14-8-7-13-10(2)3/h10,12H,6-9H2,1-5H3. The molecule has 0 aromatic heterocycles. The molecule has 1 unspecified atom stereocenters. The van der Waals surface area contributed by atoms with Crippen molar-refractivity contribution in [3.8, 4) is 0 Å². The van der Waals surface area contributed by atoms with Gasteiger partial charge in [0.2, 0.25) is 0 Å². The first-order valence-corrected chi connectivity index (χ1v) is 5.44. The highest BCUT2D eigenvalue weighted by Gasteiger charge is 2.21. The molecule has 0 bridgehead atoms. The molecule has 0 aliphatic carbocycles. The maximum Gasteiger partial charge on any atom is 0.0776 e. The van der Waals surface area contributed by atoms with Gasteiger partial charge in [0.15, 0.2) is 0 Å². The molecule has 86 valence electrons. The SMILES string of the molecule is CCC(C)(CNC)OCCOC(C)C. The van der Waals surface area contributed by atoms with Crippen LogP contribution in [-0.4, -0.2) is 38.5 Å². The Morgan fingerprint density at radius 2 is 1.93 bits per heavy atom. The Hall–Kier alpha value is -0.120. The molecular weight excluding hydrogens is 178 g/mol. The van der Waals surface area contributed by atoms with Crippen LogP contribution in [0.5, 0.6) is 0 Å². The maximum absolute atomic E-state index is 5.78. The molecule has 0 saturated heterocycles. The normalized spacial score (nSPS) is 15.9. The summed E-state index contributed by atoms with van der Waals surface area (Å²) in [6.45, 7) is 10.6. The fourth-order valence-corrected chi connectivity index (χ4v) is 1.22. The lowest BCUT2D eigenvalue weighted by Crippen LogP contribution is -2.39. The number of hydrogen-bond donors (Lipinski definition) is 1. The predicted octanol–water partition coefficient (Wildman–Crippen LogP) is 1.82. The van der Waals surface area contributed by atoms with Crippen LogP contribution in [0.4, 0.5) is 0 Å². The minimum atomic E-state index is -0.0604. The van der Waals surface area contributed by atoms with E-state index in [1.807, 2.05) is 20.9 Å². The van der Waals surface area contributed by atoms with Crippen molar-refractivity contribution in [3.05, 3.63) is 0 Å². The highest BCUT2D eigenvalue weighted by Crippen LogP contribution is 2.13. The second-order valence-corrected chi connectivity index (χ2v) is 4.10. The number of rotatable bonds is 8. The van der Waals surface area contributed by atoms with Crippen LogP contribution in [0.2, 0.25) is 0 Å². The molecule has 1 atom stereocenters. The van der Waals surface area contributed by atoms with Crippen molar-refractivity contribution in [3.63, 3.8) is 0 Å². The van der Waals surface area contributed by atoms with E-state index < -0.39 is 0 Å². The molecule has 0 rings (SSSR count). The van der Waals surface area contributed by atoms with E-state index in [9.17, 15) is 0 Å². The Bertz CT molecular complexity index is 139. The molecule has 3 nitrogen and oxygen atoms in total. The van der Waals surface area contributed by atoms with Gasteiger partial charge in [-0.05, 0) is 34.2 Å². The molecule has 0 aromatic rings. The first-order chi connectivity index (χ1) is 6.54. The van der Waals surface area contributed by atoms with Gasteiger partial charge in [-0.2, -0.15) is 0 Å². The minimum Gasteiger partial charge on any atom is -0.376 e. The van der Waals surface area contributed by atoms with E-state index in [2.05, 4.69) is 19.2 Å². The third-order valence-corrected chi connectivity index (χ3v) is 2.28. The minimum absolute atomic E-state index is 0.0604. The Morgan fingerprint density at radius 3 is 2.36 bits per heavy atom. The number of hydrogen-bond acceptors (Lipinski definition) is 3. The summed E-state index contributed by atoms with van der Waals surface area (Å²) in [5.41, 5.74) is -0.0604. The van der Waals surface area contributed by atoms with Crippen LogP contribution in [0, 0.1) is 0 Å². The fraction of sp³-hybridized carbons (Fsp3) is 1.00. The van der Waals surface area contributed by atoms with Crippen molar-refractivity contribution in [2.75, 3.05) is 26.8 Å². The number of nitrogens with one attached hydrogen (secondary N) is 1. The van der Waals surface area contributed by atoms with Crippen molar-refractivity contribution in [2.24, 2.45) is 0 Å². The fourth-order valence-electron chi connectivity index (χ4n) is 1.22. The second kappa shape index (κ2) is 7.21. The van der Waals surface area contributed by atoms with E-state index >= 15 is 0 Å². The summed E-state index contributed by atoms with van der Waals surface area (Å²) in [4.78, 5) is 0. The van der Waals surface area contributed by atoms with Crippen molar-refractivity contribution in [2.45, 2.75) is 45.8 Å². The third kappa shape index (κ3) is 6.35. The molecule has 3 heteroatoms.